The number of hydrogen-bond donors (Lipinski definition) is 1. The van der Waals surface area contributed by atoms with Gasteiger partial charge in [-0.1, -0.05) is 36.4 Å². The first-order chi connectivity index (χ1) is 16.9. The molecule has 0 atom stereocenters. The molecular formula is C26H31N5O3S. The Hall–Kier alpha value is -3.01. The van der Waals surface area contributed by atoms with Gasteiger partial charge in [-0.2, -0.15) is 9.40 Å². The van der Waals surface area contributed by atoms with E-state index in [-0.39, 0.29) is 10.8 Å². The zero-order valence-corrected chi connectivity index (χ0v) is 20.7. The monoisotopic (exact) mass is 493 g/mol. The summed E-state index contributed by atoms with van der Waals surface area (Å²) in [6.45, 7) is 5.67. The van der Waals surface area contributed by atoms with Gasteiger partial charge in [-0.25, -0.2) is 13.1 Å². The van der Waals surface area contributed by atoms with Gasteiger partial charge in [0.05, 0.1) is 11.1 Å². The van der Waals surface area contributed by atoms with E-state index >= 15 is 0 Å². The molecule has 1 amide bonds. The lowest BCUT2D eigenvalue weighted by Crippen LogP contribution is -2.48. The number of amides is 1. The maximum Gasteiger partial charge on any atom is 0.256 e. The maximum absolute atomic E-state index is 13.3. The van der Waals surface area contributed by atoms with Gasteiger partial charge in [-0.3, -0.25) is 9.69 Å². The van der Waals surface area contributed by atoms with E-state index in [1.54, 1.807) is 24.4 Å². The van der Waals surface area contributed by atoms with Crippen LogP contribution in [0.15, 0.2) is 65.7 Å². The number of carbonyl (C=O) groups is 1. The highest BCUT2D eigenvalue weighted by molar-refractivity contribution is 7.89. The van der Waals surface area contributed by atoms with E-state index in [4.69, 9.17) is 0 Å². The third-order valence-electron chi connectivity index (χ3n) is 6.70. The Labute approximate surface area is 206 Å². The molecule has 1 saturated heterocycles. The Morgan fingerprint density at radius 2 is 1.77 bits per heavy atom. The van der Waals surface area contributed by atoms with Crippen molar-refractivity contribution in [2.75, 3.05) is 31.5 Å². The Morgan fingerprint density at radius 1 is 1.03 bits per heavy atom. The van der Waals surface area contributed by atoms with E-state index in [1.807, 2.05) is 29.8 Å². The lowest BCUT2D eigenvalue weighted by atomic mass is 10.2. The minimum absolute atomic E-state index is 0.143. The number of rotatable bonds is 8. The SMILES string of the molecule is Cc1cnn(CC2CC2)c1NC(=O)c1cccc(S(=O)(=O)N2CCN(Cc3ccccc3)CC2)c1. The summed E-state index contributed by atoms with van der Waals surface area (Å²) in [6, 6.07) is 16.5. The molecule has 1 aliphatic heterocycles. The molecule has 35 heavy (non-hydrogen) atoms. The normalized spacial score (nSPS) is 17.4. The average Bonchev–Trinajstić information content (AvgIpc) is 3.63. The summed E-state index contributed by atoms with van der Waals surface area (Å²) >= 11 is 0. The molecule has 8 nitrogen and oxygen atoms in total. The molecule has 1 saturated carbocycles. The lowest BCUT2D eigenvalue weighted by Gasteiger charge is -2.34. The van der Waals surface area contributed by atoms with Crippen molar-refractivity contribution in [2.24, 2.45) is 5.92 Å². The van der Waals surface area contributed by atoms with E-state index in [2.05, 4.69) is 27.4 Å². The minimum atomic E-state index is -3.69. The van der Waals surface area contributed by atoms with Gasteiger partial charge >= 0.3 is 0 Å². The molecule has 0 unspecified atom stereocenters. The van der Waals surface area contributed by atoms with Crippen LogP contribution in [0.25, 0.3) is 0 Å². The highest BCUT2D eigenvalue weighted by Crippen LogP contribution is 2.32. The third kappa shape index (κ3) is 5.47. The fourth-order valence-corrected chi connectivity index (χ4v) is 5.89. The van der Waals surface area contributed by atoms with E-state index < -0.39 is 10.0 Å². The topological polar surface area (TPSA) is 87.5 Å². The van der Waals surface area contributed by atoms with Gasteiger partial charge in [0.2, 0.25) is 10.0 Å². The van der Waals surface area contributed by atoms with Gasteiger partial charge in [0.25, 0.3) is 5.91 Å². The number of hydrogen-bond acceptors (Lipinski definition) is 5. The van der Waals surface area contributed by atoms with Crippen LogP contribution >= 0.6 is 0 Å². The number of benzene rings is 2. The third-order valence-corrected chi connectivity index (χ3v) is 8.59. The Morgan fingerprint density at radius 3 is 2.49 bits per heavy atom. The van der Waals surface area contributed by atoms with Crippen molar-refractivity contribution >= 4 is 21.7 Å². The van der Waals surface area contributed by atoms with Gasteiger partial charge in [0.1, 0.15) is 5.82 Å². The second-order valence-corrected chi connectivity index (χ2v) is 11.4. The summed E-state index contributed by atoms with van der Waals surface area (Å²) < 4.78 is 30.0. The zero-order valence-electron chi connectivity index (χ0n) is 19.9. The number of nitrogens with zero attached hydrogens (tertiary/aromatic N) is 4. The van der Waals surface area contributed by atoms with Crippen LogP contribution in [0.1, 0.15) is 34.3 Å². The lowest BCUT2D eigenvalue weighted by molar-refractivity contribution is 0.102. The number of sulfonamides is 1. The molecule has 1 aromatic heterocycles. The van der Waals surface area contributed by atoms with Crippen LogP contribution in [-0.4, -0.2) is 59.5 Å². The first-order valence-electron chi connectivity index (χ1n) is 12.1. The van der Waals surface area contributed by atoms with E-state index in [0.29, 0.717) is 43.5 Å². The van der Waals surface area contributed by atoms with Crippen molar-refractivity contribution in [3.63, 3.8) is 0 Å². The highest BCUT2D eigenvalue weighted by Gasteiger charge is 2.29. The van der Waals surface area contributed by atoms with Crippen molar-refractivity contribution in [1.82, 2.24) is 19.0 Å². The predicted octanol–water partition coefficient (Wildman–Crippen LogP) is 3.36. The largest absolute Gasteiger partial charge is 0.307 e. The maximum atomic E-state index is 13.3. The molecule has 2 aliphatic rings. The first-order valence-corrected chi connectivity index (χ1v) is 13.5. The van der Waals surface area contributed by atoms with E-state index in [0.717, 1.165) is 18.7 Å². The second-order valence-electron chi connectivity index (χ2n) is 9.45. The fourth-order valence-electron chi connectivity index (χ4n) is 4.42. The summed E-state index contributed by atoms with van der Waals surface area (Å²) in [5.74, 6) is 0.951. The fraction of sp³-hybridized carbons (Fsp3) is 0.385. The minimum Gasteiger partial charge on any atom is -0.307 e. The zero-order chi connectivity index (χ0) is 24.4. The molecule has 2 heterocycles. The summed E-state index contributed by atoms with van der Waals surface area (Å²) in [5, 5.41) is 7.33. The Kier molecular flexibility index (Phi) is 6.73. The quantitative estimate of drug-likeness (QED) is 0.520. The average molecular weight is 494 g/mol. The summed E-state index contributed by atoms with van der Waals surface area (Å²) in [7, 11) is -3.69. The van der Waals surface area contributed by atoms with Crippen LogP contribution in [0.3, 0.4) is 0 Å². The standard InChI is InChI=1S/C26H31N5O3S/c1-20-17-27-31(19-22-10-11-22)25(20)28-26(32)23-8-5-9-24(16-23)35(33,34)30-14-12-29(13-15-30)18-21-6-3-2-4-7-21/h2-9,16-17,22H,10-15,18-19H2,1H3,(H,28,32). The first kappa shape index (κ1) is 23.7. The van der Waals surface area contributed by atoms with Crippen LogP contribution in [-0.2, 0) is 23.1 Å². The molecule has 5 rings (SSSR count). The molecule has 1 aliphatic carbocycles. The van der Waals surface area contributed by atoms with Gasteiger partial charge in [0, 0.05) is 50.4 Å². The van der Waals surface area contributed by atoms with Crippen LogP contribution in [0, 0.1) is 12.8 Å². The molecule has 3 aromatic rings. The van der Waals surface area contributed by atoms with Crippen LogP contribution < -0.4 is 5.32 Å². The molecule has 0 radical (unpaired) electrons. The predicted molar refractivity (Wildman–Crippen MR) is 135 cm³/mol. The molecule has 2 aromatic carbocycles. The number of anilines is 1. The smallest absolute Gasteiger partial charge is 0.256 e. The second kappa shape index (κ2) is 9.93. The molecule has 0 bridgehead atoms. The summed E-state index contributed by atoms with van der Waals surface area (Å²) in [4.78, 5) is 15.4. The molecule has 9 heteroatoms. The van der Waals surface area contributed by atoms with Gasteiger partial charge in [-0.05, 0) is 49.4 Å². The number of aryl methyl sites for hydroxylation is 1. The van der Waals surface area contributed by atoms with Crippen molar-refractivity contribution in [3.05, 3.63) is 77.5 Å². The molecule has 0 spiro atoms. The summed E-state index contributed by atoms with van der Waals surface area (Å²) in [5.41, 5.74) is 2.42. The van der Waals surface area contributed by atoms with Crippen LogP contribution in [0.2, 0.25) is 0 Å². The number of carbonyl (C=O) groups excluding carboxylic acids is 1. The highest BCUT2D eigenvalue weighted by atomic mass is 32.2. The van der Waals surface area contributed by atoms with Gasteiger partial charge < -0.3 is 5.32 Å². The number of aromatic nitrogens is 2. The Bertz CT molecular complexity index is 1290. The van der Waals surface area contributed by atoms with Crippen LogP contribution in [0.4, 0.5) is 5.82 Å². The van der Waals surface area contributed by atoms with Crippen molar-refractivity contribution in [1.29, 1.82) is 0 Å². The van der Waals surface area contributed by atoms with E-state index in [1.165, 1.54) is 28.8 Å². The number of nitrogens with one attached hydrogen (secondary N) is 1. The Balaban J connectivity index is 1.25. The van der Waals surface area contributed by atoms with Crippen molar-refractivity contribution in [3.8, 4) is 0 Å². The van der Waals surface area contributed by atoms with Crippen molar-refractivity contribution < 1.29 is 13.2 Å². The van der Waals surface area contributed by atoms with Gasteiger partial charge in [-0.15, -0.1) is 0 Å². The molecule has 2 fully saturated rings. The van der Waals surface area contributed by atoms with E-state index in [9.17, 15) is 13.2 Å². The number of piperazine rings is 1. The van der Waals surface area contributed by atoms with Gasteiger partial charge in [0.15, 0.2) is 0 Å². The molecular weight excluding hydrogens is 462 g/mol. The molecule has 1 N–H and O–H groups in total. The van der Waals surface area contributed by atoms with Crippen LogP contribution in [0.5, 0.6) is 0 Å². The summed E-state index contributed by atoms with van der Waals surface area (Å²) in [6.07, 6.45) is 4.12. The molecule has 184 valence electrons. The van der Waals surface area contributed by atoms with Crippen molar-refractivity contribution in [2.45, 2.75) is 37.8 Å².